The van der Waals surface area contributed by atoms with E-state index in [0.29, 0.717) is 0 Å². The van der Waals surface area contributed by atoms with E-state index in [0.717, 1.165) is 6.07 Å². The molecule has 0 radical (unpaired) electrons. The van der Waals surface area contributed by atoms with Crippen molar-refractivity contribution < 1.29 is 13.2 Å². The third-order valence-electron chi connectivity index (χ3n) is 1.57. The summed E-state index contributed by atoms with van der Waals surface area (Å²) in [5.74, 6) is 0. The molecule has 0 bridgehead atoms. The van der Waals surface area contributed by atoms with Crippen LogP contribution in [0.4, 0.5) is 13.2 Å². The maximum Gasteiger partial charge on any atom is 0.416 e. The fourth-order valence-electron chi connectivity index (χ4n) is 0.952. The minimum atomic E-state index is -4.32. The number of aryl methyl sites for hydroxylation is 1. The highest BCUT2D eigenvalue weighted by Gasteiger charge is 2.32. The van der Waals surface area contributed by atoms with E-state index in [4.69, 9.17) is 11.6 Å². The summed E-state index contributed by atoms with van der Waals surface area (Å²) in [6, 6.07) is 2.27. The predicted octanol–water partition coefficient (Wildman–Crippen LogP) is 4.43. The second kappa shape index (κ2) is 3.50. The Morgan fingerprint density at radius 2 is 1.85 bits per heavy atom. The molecule has 72 valence electrons. The van der Waals surface area contributed by atoms with Gasteiger partial charge in [-0.3, -0.25) is 0 Å². The third kappa shape index (κ3) is 2.38. The van der Waals surface area contributed by atoms with E-state index in [9.17, 15) is 13.2 Å². The van der Waals surface area contributed by atoms with Gasteiger partial charge in [0.1, 0.15) is 0 Å². The van der Waals surface area contributed by atoms with Gasteiger partial charge in [-0.25, -0.2) is 0 Å². The number of alkyl halides is 3. The molecule has 0 N–H and O–H groups in total. The zero-order valence-corrected chi connectivity index (χ0v) is 8.89. The molecule has 5 heteroatoms. The number of rotatable bonds is 0. The van der Waals surface area contributed by atoms with E-state index in [1.54, 1.807) is 0 Å². The highest BCUT2D eigenvalue weighted by atomic mass is 79.9. The van der Waals surface area contributed by atoms with Gasteiger partial charge in [-0.05, 0) is 40.5 Å². The van der Waals surface area contributed by atoms with Gasteiger partial charge in [-0.15, -0.1) is 0 Å². The van der Waals surface area contributed by atoms with Crippen molar-refractivity contribution in [3.05, 3.63) is 32.8 Å². The number of hydrogen-bond acceptors (Lipinski definition) is 0. The quantitative estimate of drug-likeness (QED) is 0.656. The lowest BCUT2D eigenvalue weighted by atomic mass is 10.1. The molecule has 0 saturated carbocycles. The summed E-state index contributed by atoms with van der Waals surface area (Å²) in [4.78, 5) is 0. The minimum Gasteiger partial charge on any atom is -0.166 e. The first-order valence-electron chi connectivity index (χ1n) is 3.35. The molecule has 0 nitrogen and oxygen atoms in total. The summed E-state index contributed by atoms with van der Waals surface area (Å²) < 4.78 is 37.1. The van der Waals surface area contributed by atoms with Crippen molar-refractivity contribution >= 4 is 27.5 Å². The Labute approximate surface area is 86.8 Å². The second-order valence-electron chi connectivity index (χ2n) is 2.58. The fraction of sp³-hybridized carbons (Fsp3) is 0.250. The van der Waals surface area contributed by atoms with Crippen LogP contribution in [0.5, 0.6) is 0 Å². The molecule has 0 spiro atoms. The van der Waals surface area contributed by atoms with Crippen molar-refractivity contribution in [3.63, 3.8) is 0 Å². The molecule has 0 aliphatic rings. The molecular formula is C8H5BrClF3. The van der Waals surface area contributed by atoms with Crippen LogP contribution in [0.15, 0.2) is 16.6 Å². The lowest BCUT2D eigenvalue weighted by Crippen LogP contribution is -2.07. The summed E-state index contributed by atoms with van der Waals surface area (Å²) in [7, 11) is 0. The monoisotopic (exact) mass is 272 g/mol. The zero-order chi connectivity index (χ0) is 10.2. The lowest BCUT2D eigenvalue weighted by molar-refractivity contribution is -0.138. The Hall–Kier alpha value is -0.220. The van der Waals surface area contributed by atoms with Crippen LogP contribution < -0.4 is 0 Å². The van der Waals surface area contributed by atoms with Crippen LogP contribution in [0.3, 0.4) is 0 Å². The topological polar surface area (TPSA) is 0 Å². The summed E-state index contributed by atoms with van der Waals surface area (Å²) in [6.07, 6.45) is -4.32. The molecule has 1 aromatic carbocycles. The molecule has 0 atom stereocenters. The predicted molar refractivity (Wildman–Crippen MR) is 48.9 cm³/mol. The molecule has 0 amide bonds. The molecular weight excluding hydrogens is 268 g/mol. The van der Waals surface area contributed by atoms with E-state index in [1.165, 1.54) is 13.0 Å². The average Bonchev–Trinajstić information content (AvgIpc) is 1.94. The van der Waals surface area contributed by atoms with E-state index >= 15 is 0 Å². The average molecular weight is 273 g/mol. The van der Waals surface area contributed by atoms with Crippen molar-refractivity contribution in [2.75, 3.05) is 0 Å². The fourth-order valence-corrected chi connectivity index (χ4v) is 1.51. The molecule has 13 heavy (non-hydrogen) atoms. The van der Waals surface area contributed by atoms with Crippen molar-refractivity contribution in [3.8, 4) is 0 Å². The normalized spacial score (nSPS) is 11.8. The van der Waals surface area contributed by atoms with Crippen LogP contribution in [0.2, 0.25) is 5.02 Å². The van der Waals surface area contributed by atoms with Gasteiger partial charge in [-0.1, -0.05) is 11.6 Å². The van der Waals surface area contributed by atoms with Gasteiger partial charge in [0.15, 0.2) is 0 Å². The smallest absolute Gasteiger partial charge is 0.166 e. The Kier molecular flexibility index (Phi) is 2.92. The molecule has 0 aromatic heterocycles. The van der Waals surface area contributed by atoms with Gasteiger partial charge in [0.2, 0.25) is 0 Å². The van der Waals surface area contributed by atoms with E-state index in [2.05, 4.69) is 15.9 Å². The van der Waals surface area contributed by atoms with Crippen LogP contribution in [-0.2, 0) is 6.18 Å². The summed E-state index contributed by atoms with van der Waals surface area (Å²) >= 11 is 8.56. The molecule has 0 heterocycles. The van der Waals surface area contributed by atoms with Crippen LogP contribution in [0.1, 0.15) is 11.1 Å². The molecule has 0 unspecified atom stereocenters. The lowest BCUT2D eigenvalue weighted by Gasteiger charge is -2.10. The van der Waals surface area contributed by atoms with E-state index in [1.807, 2.05) is 0 Å². The molecule has 1 aromatic rings. The maximum atomic E-state index is 12.3. The van der Waals surface area contributed by atoms with Gasteiger partial charge >= 0.3 is 6.18 Å². The summed E-state index contributed by atoms with van der Waals surface area (Å²) in [6.45, 7) is 1.38. The van der Waals surface area contributed by atoms with E-state index in [-0.39, 0.29) is 15.1 Å². The first-order chi connectivity index (χ1) is 5.82. The van der Waals surface area contributed by atoms with Crippen molar-refractivity contribution in [2.24, 2.45) is 0 Å². The Balaban J connectivity index is 3.32. The van der Waals surface area contributed by atoms with Gasteiger partial charge < -0.3 is 0 Å². The van der Waals surface area contributed by atoms with Crippen LogP contribution in [0.25, 0.3) is 0 Å². The Morgan fingerprint density at radius 1 is 1.31 bits per heavy atom. The Bertz CT molecular complexity index is 333. The highest BCUT2D eigenvalue weighted by molar-refractivity contribution is 9.10. The molecule has 0 aliphatic heterocycles. The Morgan fingerprint density at radius 3 is 2.31 bits per heavy atom. The van der Waals surface area contributed by atoms with Gasteiger partial charge in [0.05, 0.1) is 10.6 Å². The summed E-state index contributed by atoms with van der Waals surface area (Å²) in [5.41, 5.74) is -0.538. The standard InChI is InChI=1S/C8H5BrClF3/c1-4-2-7(10)6(9)3-5(4)8(11,12)13/h2-3H,1H3. The van der Waals surface area contributed by atoms with Gasteiger partial charge in [-0.2, -0.15) is 13.2 Å². The molecule has 1 rings (SSSR count). The molecule has 0 fully saturated rings. The first kappa shape index (κ1) is 10.9. The largest absolute Gasteiger partial charge is 0.416 e. The third-order valence-corrected chi connectivity index (χ3v) is 2.77. The van der Waals surface area contributed by atoms with Crippen LogP contribution in [-0.4, -0.2) is 0 Å². The van der Waals surface area contributed by atoms with Gasteiger partial charge in [0, 0.05) is 4.47 Å². The number of benzene rings is 1. The van der Waals surface area contributed by atoms with Gasteiger partial charge in [0.25, 0.3) is 0 Å². The van der Waals surface area contributed by atoms with Crippen LogP contribution >= 0.6 is 27.5 Å². The van der Waals surface area contributed by atoms with Crippen molar-refractivity contribution in [1.82, 2.24) is 0 Å². The van der Waals surface area contributed by atoms with Crippen molar-refractivity contribution in [2.45, 2.75) is 13.1 Å². The number of hydrogen-bond donors (Lipinski definition) is 0. The zero-order valence-electron chi connectivity index (χ0n) is 6.54. The van der Waals surface area contributed by atoms with E-state index < -0.39 is 11.7 Å². The first-order valence-corrected chi connectivity index (χ1v) is 4.52. The maximum absolute atomic E-state index is 12.3. The second-order valence-corrected chi connectivity index (χ2v) is 3.84. The summed E-state index contributed by atoms with van der Waals surface area (Å²) in [5, 5.41) is 0.283. The molecule has 0 aliphatic carbocycles. The molecule has 0 saturated heterocycles. The van der Waals surface area contributed by atoms with Crippen molar-refractivity contribution in [1.29, 1.82) is 0 Å². The highest BCUT2D eigenvalue weighted by Crippen LogP contribution is 2.36. The van der Waals surface area contributed by atoms with Crippen LogP contribution in [0, 0.1) is 6.92 Å². The minimum absolute atomic E-state index is 0.126. The number of halogens is 5. The SMILES string of the molecule is Cc1cc(Cl)c(Br)cc1C(F)(F)F.